The molecule has 0 unspecified atom stereocenters. The predicted molar refractivity (Wildman–Crippen MR) is 160 cm³/mol. The minimum Gasteiger partial charge on any atom is -0.484 e. The number of carbonyl (C=O) groups excluding carboxylic acids is 3. The van der Waals surface area contributed by atoms with Crippen molar-refractivity contribution in [1.29, 1.82) is 0 Å². The maximum atomic E-state index is 13.1. The lowest BCUT2D eigenvalue weighted by molar-refractivity contribution is -0.123. The molecule has 6 nitrogen and oxygen atoms in total. The van der Waals surface area contributed by atoms with E-state index in [9.17, 15) is 14.4 Å². The van der Waals surface area contributed by atoms with Crippen LogP contribution in [0.25, 0.3) is 16.8 Å². The van der Waals surface area contributed by atoms with Gasteiger partial charge >= 0.3 is 0 Å². The molecule has 0 aliphatic carbocycles. The molecule has 1 fully saturated rings. The van der Waals surface area contributed by atoms with E-state index in [0.717, 1.165) is 49.3 Å². The Morgan fingerprint density at radius 1 is 0.974 bits per heavy atom. The number of carbonyl (C=O) groups is 3. The number of halogens is 1. The second kappa shape index (κ2) is 11.5. The second-order valence-electron chi connectivity index (χ2n) is 9.23. The zero-order chi connectivity index (χ0) is 27.5. The highest BCUT2D eigenvalue weighted by Gasteiger charge is 2.35. The van der Waals surface area contributed by atoms with Crippen LogP contribution in [0.15, 0.2) is 88.2 Å². The van der Waals surface area contributed by atoms with Gasteiger partial charge in [-0.2, -0.15) is 0 Å². The van der Waals surface area contributed by atoms with Gasteiger partial charge in [0.2, 0.25) is 0 Å². The molecular formula is C31H25BrN2O4S. The van der Waals surface area contributed by atoms with Crippen molar-refractivity contribution < 1.29 is 19.1 Å². The van der Waals surface area contributed by atoms with Gasteiger partial charge in [-0.25, -0.2) is 0 Å². The maximum absolute atomic E-state index is 13.1. The van der Waals surface area contributed by atoms with Gasteiger partial charge in [0.1, 0.15) is 5.75 Å². The van der Waals surface area contributed by atoms with Crippen molar-refractivity contribution in [3.8, 4) is 5.75 Å². The lowest BCUT2D eigenvalue weighted by Crippen LogP contribution is -2.27. The first kappa shape index (κ1) is 26.7. The largest absolute Gasteiger partial charge is 0.484 e. The van der Waals surface area contributed by atoms with Crippen molar-refractivity contribution in [2.75, 3.05) is 11.9 Å². The average Bonchev–Trinajstić information content (AvgIpc) is 3.18. The van der Waals surface area contributed by atoms with Gasteiger partial charge in [0, 0.05) is 4.47 Å². The Bertz CT molecular complexity index is 1630. The van der Waals surface area contributed by atoms with Crippen molar-refractivity contribution in [2.45, 2.75) is 20.4 Å². The first-order chi connectivity index (χ1) is 18.8. The quantitative estimate of drug-likeness (QED) is 0.223. The molecule has 0 radical (unpaired) electrons. The number of hydrogen-bond donors (Lipinski definition) is 1. The van der Waals surface area contributed by atoms with Gasteiger partial charge in [-0.05, 0) is 105 Å². The third kappa shape index (κ3) is 6.08. The van der Waals surface area contributed by atoms with E-state index in [-0.39, 0.29) is 30.2 Å². The Kier molecular flexibility index (Phi) is 7.86. The van der Waals surface area contributed by atoms with Crippen LogP contribution >= 0.6 is 27.7 Å². The third-order valence-electron chi connectivity index (χ3n) is 6.49. The summed E-state index contributed by atoms with van der Waals surface area (Å²) in [5.41, 5.74) is 4.58. The lowest BCUT2D eigenvalue weighted by atomic mass is 10.0. The van der Waals surface area contributed by atoms with Crippen molar-refractivity contribution >= 4 is 67.3 Å². The van der Waals surface area contributed by atoms with E-state index in [4.69, 9.17) is 4.74 Å². The summed E-state index contributed by atoms with van der Waals surface area (Å²) in [5.74, 6) is -0.0687. The van der Waals surface area contributed by atoms with E-state index in [2.05, 4.69) is 21.2 Å². The van der Waals surface area contributed by atoms with Gasteiger partial charge < -0.3 is 10.1 Å². The van der Waals surface area contributed by atoms with Gasteiger partial charge in [-0.3, -0.25) is 19.3 Å². The summed E-state index contributed by atoms with van der Waals surface area (Å²) < 4.78 is 6.44. The summed E-state index contributed by atoms with van der Waals surface area (Å²) in [6.07, 6.45) is 1.70. The third-order valence-corrected chi connectivity index (χ3v) is 8.05. The molecule has 0 aromatic heterocycles. The number of amides is 3. The van der Waals surface area contributed by atoms with Crippen LogP contribution in [-0.4, -0.2) is 28.6 Å². The molecule has 1 saturated heterocycles. The number of fused-ring (bicyclic) bond motifs is 1. The summed E-state index contributed by atoms with van der Waals surface area (Å²) in [6.45, 7) is 4.07. The van der Waals surface area contributed by atoms with Crippen molar-refractivity contribution in [3.63, 3.8) is 0 Å². The summed E-state index contributed by atoms with van der Waals surface area (Å²) in [5, 5.41) is 4.65. The van der Waals surface area contributed by atoms with Crippen molar-refractivity contribution in [1.82, 2.24) is 4.90 Å². The molecule has 5 rings (SSSR count). The molecule has 3 amide bonds. The van der Waals surface area contributed by atoms with Crippen LogP contribution in [0.1, 0.15) is 22.3 Å². The van der Waals surface area contributed by atoms with Gasteiger partial charge in [-0.15, -0.1) is 0 Å². The standard InChI is InChI=1S/C31H25BrN2O4S/c1-19-14-26(32)27(15-20(19)2)33-29(35)18-38-24-12-10-21(11-13-24)16-28-30(36)34(31(37)39-28)17-23-8-5-7-22-6-3-4-9-25(22)23/h3-16H,17-18H2,1-2H3,(H,33,35)/b28-16-. The van der Waals surface area contributed by atoms with E-state index in [1.54, 1.807) is 30.3 Å². The maximum Gasteiger partial charge on any atom is 0.293 e. The number of nitrogens with zero attached hydrogens (tertiary/aromatic N) is 1. The molecule has 1 heterocycles. The lowest BCUT2D eigenvalue weighted by Gasteiger charge is -2.14. The molecule has 39 heavy (non-hydrogen) atoms. The van der Waals surface area contributed by atoms with Crippen LogP contribution in [0, 0.1) is 13.8 Å². The highest BCUT2D eigenvalue weighted by molar-refractivity contribution is 9.10. The number of aryl methyl sites for hydroxylation is 2. The van der Waals surface area contributed by atoms with Crippen molar-refractivity contribution in [3.05, 3.63) is 110 Å². The summed E-state index contributed by atoms with van der Waals surface area (Å²) in [7, 11) is 0. The molecule has 0 atom stereocenters. The minimum absolute atomic E-state index is 0.147. The number of rotatable bonds is 7. The normalized spacial score (nSPS) is 14.3. The molecule has 4 aromatic carbocycles. The van der Waals surface area contributed by atoms with Crippen molar-refractivity contribution in [2.24, 2.45) is 0 Å². The molecule has 196 valence electrons. The number of thioether (sulfide) groups is 1. The van der Waals surface area contributed by atoms with Crippen LogP contribution in [0.5, 0.6) is 5.75 Å². The zero-order valence-electron chi connectivity index (χ0n) is 21.4. The molecule has 0 spiro atoms. The summed E-state index contributed by atoms with van der Waals surface area (Å²) in [6, 6.07) is 24.7. The topological polar surface area (TPSA) is 75.7 Å². The molecule has 8 heteroatoms. The molecule has 1 aliphatic heterocycles. The van der Waals surface area contributed by atoms with E-state index in [0.29, 0.717) is 16.3 Å². The number of ether oxygens (including phenoxy) is 1. The molecule has 0 bridgehead atoms. The minimum atomic E-state index is -0.313. The van der Waals surface area contributed by atoms with Crippen LogP contribution in [0.2, 0.25) is 0 Å². The smallest absolute Gasteiger partial charge is 0.293 e. The Balaban J connectivity index is 1.21. The molecular weight excluding hydrogens is 576 g/mol. The SMILES string of the molecule is Cc1cc(Br)c(NC(=O)COc2ccc(/C=C3\SC(=O)N(Cc4cccc5ccccc45)C3=O)cc2)cc1C. The molecule has 4 aromatic rings. The molecule has 0 saturated carbocycles. The first-order valence-corrected chi connectivity index (χ1v) is 13.9. The summed E-state index contributed by atoms with van der Waals surface area (Å²) >= 11 is 4.41. The number of anilines is 1. The Morgan fingerprint density at radius 2 is 1.69 bits per heavy atom. The Hall–Kier alpha value is -3.88. The Morgan fingerprint density at radius 3 is 2.49 bits per heavy atom. The number of nitrogens with one attached hydrogen (secondary N) is 1. The van der Waals surface area contributed by atoms with Gasteiger partial charge in [0.05, 0.1) is 17.1 Å². The predicted octanol–water partition coefficient (Wildman–Crippen LogP) is 7.47. The van der Waals surface area contributed by atoms with Crippen LogP contribution in [0.3, 0.4) is 0 Å². The number of hydrogen-bond acceptors (Lipinski definition) is 5. The average molecular weight is 602 g/mol. The van der Waals surface area contributed by atoms with Crippen LogP contribution in [-0.2, 0) is 16.1 Å². The monoisotopic (exact) mass is 600 g/mol. The highest BCUT2D eigenvalue weighted by Crippen LogP contribution is 2.34. The van der Waals surface area contributed by atoms with Crippen LogP contribution in [0.4, 0.5) is 10.5 Å². The van der Waals surface area contributed by atoms with Gasteiger partial charge in [0.25, 0.3) is 17.1 Å². The van der Waals surface area contributed by atoms with Gasteiger partial charge in [-0.1, -0.05) is 54.6 Å². The zero-order valence-corrected chi connectivity index (χ0v) is 23.8. The first-order valence-electron chi connectivity index (χ1n) is 12.3. The van der Waals surface area contributed by atoms with Gasteiger partial charge in [0.15, 0.2) is 6.61 Å². The number of imide groups is 1. The second-order valence-corrected chi connectivity index (χ2v) is 11.1. The van der Waals surface area contributed by atoms with E-state index in [1.807, 2.05) is 68.4 Å². The Labute approximate surface area is 239 Å². The fourth-order valence-electron chi connectivity index (χ4n) is 4.26. The fourth-order valence-corrected chi connectivity index (χ4v) is 5.66. The fraction of sp³-hybridized carbons (Fsp3) is 0.129. The van der Waals surface area contributed by atoms with Crippen LogP contribution < -0.4 is 10.1 Å². The summed E-state index contributed by atoms with van der Waals surface area (Å²) in [4.78, 5) is 39.8. The molecule has 1 N–H and O–H groups in total. The van der Waals surface area contributed by atoms with E-state index >= 15 is 0 Å². The number of benzene rings is 4. The van der Waals surface area contributed by atoms with E-state index in [1.165, 1.54) is 4.90 Å². The van der Waals surface area contributed by atoms with E-state index < -0.39 is 0 Å². The highest BCUT2D eigenvalue weighted by atomic mass is 79.9. The molecule has 1 aliphatic rings.